The van der Waals surface area contributed by atoms with Crippen molar-refractivity contribution in [1.29, 1.82) is 0 Å². The second kappa shape index (κ2) is 7.49. The monoisotopic (exact) mass is 297 g/mol. The fourth-order valence-corrected chi connectivity index (χ4v) is 3.07. The molecule has 0 saturated carbocycles. The second-order valence-corrected chi connectivity index (χ2v) is 5.72. The highest BCUT2D eigenvalue weighted by atomic mass is 16.5. The van der Waals surface area contributed by atoms with Crippen LogP contribution in [0.5, 0.6) is 0 Å². The first-order valence-corrected chi connectivity index (χ1v) is 7.78. The summed E-state index contributed by atoms with van der Waals surface area (Å²) in [6.45, 7) is 4.72. The molecule has 0 spiro atoms. The third-order valence-corrected chi connectivity index (χ3v) is 4.13. The Morgan fingerprint density at radius 3 is 2.86 bits per heavy atom. The van der Waals surface area contributed by atoms with Crippen LogP contribution >= 0.6 is 0 Å². The van der Waals surface area contributed by atoms with Gasteiger partial charge >= 0.3 is 0 Å². The Kier molecular flexibility index (Phi) is 5.16. The summed E-state index contributed by atoms with van der Waals surface area (Å²) in [5.74, 6) is 0. The number of rotatable bonds is 5. The first kappa shape index (κ1) is 15.2. The van der Waals surface area contributed by atoms with Gasteiger partial charge in [-0.25, -0.2) is 0 Å². The van der Waals surface area contributed by atoms with Crippen molar-refractivity contribution in [1.82, 2.24) is 15.2 Å². The van der Waals surface area contributed by atoms with E-state index < -0.39 is 0 Å². The lowest BCUT2D eigenvalue weighted by Crippen LogP contribution is -2.45. The van der Waals surface area contributed by atoms with Gasteiger partial charge in [-0.05, 0) is 28.8 Å². The van der Waals surface area contributed by atoms with Gasteiger partial charge in [0.05, 0.1) is 6.61 Å². The minimum atomic E-state index is 0.405. The van der Waals surface area contributed by atoms with Gasteiger partial charge in [0.2, 0.25) is 0 Å². The summed E-state index contributed by atoms with van der Waals surface area (Å²) >= 11 is 0. The summed E-state index contributed by atoms with van der Waals surface area (Å²) < 4.78 is 5.23. The van der Waals surface area contributed by atoms with Crippen LogP contribution in [0.3, 0.4) is 0 Å². The Morgan fingerprint density at radius 2 is 2.05 bits per heavy atom. The van der Waals surface area contributed by atoms with Gasteiger partial charge in [-0.15, -0.1) is 0 Å². The minimum absolute atomic E-state index is 0.405. The van der Waals surface area contributed by atoms with E-state index in [4.69, 9.17) is 4.74 Å². The molecule has 22 heavy (non-hydrogen) atoms. The summed E-state index contributed by atoms with van der Waals surface area (Å²) in [7, 11) is 1.74. The predicted octanol–water partition coefficient (Wildman–Crippen LogP) is 2.37. The van der Waals surface area contributed by atoms with E-state index in [0.29, 0.717) is 12.6 Å². The van der Waals surface area contributed by atoms with Gasteiger partial charge in [0.25, 0.3) is 0 Å². The van der Waals surface area contributed by atoms with E-state index in [2.05, 4.69) is 51.6 Å². The van der Waals surface area contributed by atoms with Crippen molar-refractivity contribution in [2.75, 3.05) is 26.7 Å². The number of nitrogens with zero attached hydrogens (tertiary/aromatic N) is 2. The molecule has 1 aromatic carbocycles. The van der Waals surface area contributed by atoms with Crippen LogP contribution in [0.2, 0.25) is 0 Å². The number of hydrogen-bond acceptors (Lipinski definition) is 4. The topological polar surface area (TPSA) is 37.4 Å². The molecule has 1 unspecified atom stereocenters. The zero-order chi connectivity index (χ0) is 15.2. The first-order chi connectivity index (χ1) is 10.9. The lowest BCUT2D eigenvalue weighted by atomic mass is 10.0. The molecule has 3 rings (SSSR count). The maximum Gasteiger partial charge on any atom is 0.0713 e. The summed E-state index contributed by atoms with van der Waals surface area (Å²) in [4.78, 5) is 6.67. The molecule has 1 aliphatic rings. The molecule has 0 amide bonds. The van der Waals surface area contributed by atoms with E-state index in [1.807, 2.05) is 12.4 Å². The Morgan fingerprint density at radius 1 is 1.23 bits per heavy atom. The zero-order valence-corrected chi connectivity index (χ0v) is 13.0. The van der Waals surface area contributed by atoms with Crippen LogP contribution in [0.25, 0.3) is 0 Å². The van der Waals surface area contributed by atoms with Crippen molar-refractivity contribution in [2.24, 2.45) is 0 Å². The van der Waals surface area contributed by atoms with Gasteiger partial charge < -0.3 is 10.1 Å². The minimum Gasteiger partial charge on any atom is -0.380 e. The molecule has 2 aromatic rings. The van der Waals surface area contributed by atoms with Gasteiger partial charge in [-0.1, -0.05) is 24.3 Å². The number of pyridine rings is 1. The third kappa shape index (κ3) is 3.71. The van der Waals surface area contributed by atoms with Crippen molar-refractivity contribution in [3.63, 3.8) is 0 Å². The molecule has 0 radical (unpaired) electrons. The maximum atomic E-state index is 5.23. The number of benzene rings is 1. The van der Waals surface area contributed by atoms with Gasteiger partial charge in [0, 0.05) is 51.7 Å². The van der Waals surface area contributed by atoms with Gasteiger partial charge in [-0.3, -0.25) is 9.88 Å². The summed E-state index contributed by atoms with van der Waals surface area (Å²) in [6, 6.07) is 13.3. The third-order valence-electron chi connectivity index (χ3n) is 4.13. The number of piperazine rings is 1. The van der Waals surface area contributed by atoms with Crippen LogP contribution in [-0.4, -0.2) is 36.6 Å². The highest BCUT2D eigenvalue weighted by Crippen LogP contribution is 2.24. The van der Waals surface area contributed by atoms with Crippen LogP contribution in [0, 0.1) is 0 Å². The van der Waals surface area contributed by atoms with Crippen molar-refractivity contribution in [3.05, 3.63) is 65.5 Å². The molecule has 2 heterocycles. The van der Waals surface area contributed by atoms with Crippen LogP contribution in [0.15, 0.2) is 48.8 Å². The maximum absolute atomic E-state index is 5.23. The molecular weight excluding hydrogens is 274 g/mol. The molecule has 1 atom stereocenters. The molecule has 0 aliphatic carbocycles. The largest absolute Gasteiger partial charge is 0.380 e. The molecular formula is C18H23N3O. The molecule has 0 bridgehead atoms. The van der Waals surface area contributed by atoms with Crippen LogP contribution in [-0.2, 0) is 17.9 Å². The van der Waals surface area contributed by atoms with E-state index in [-0.39, 0.29) is 0 Å². The lowest BCUT2D eigenvalue weighted by molar-refractivity contribution is 0.153. The number of hydrogen-bond donors (Lipinski definition) is 1. The molecule has 4 nitrogen and oxygen atoms in total. The SMILES string of the molecule is COCc1cccc(CN2CCNCC2c2ccncc2)c1. The fraction of sp³-hybridized carbons (Fsp3) is 0.389. The highest BCUT2D eigenvalue weighted by Gasteiger charge is 2.23. The lowest BCUT2D eigenvalue weighted by Gasteiger charge is -2.36. The zero-order valence-electron chi connectivity index (χ0n) is 13.0. The number of aromatic nitrogens is 1. The van der Waals surface area contributed by atoms with Crippen LogP contribution in [0.1, 0.15) is 22.7 Å². The second-order valence-electron chi connectivity index (χ2n) is 5.72. The smallest absolute Gasteiger partial charge is 0.0713 e. The number of ether oxygens (including phenoxy) is 1. The van der Waals surface area contributed by atoms with E-state index in [1.54, 1.807) is 7.11 Å². The molecule has 1 aliphatic heterocycles. The normalized spacial score (nSPS) is 19.2. The van der Waals surface area contributed by atoms with Gasteiger partial charge in [0.15, 0.2) is 0 Å². The molecule has 1 aromatic heterocycles. The van der Waals surface area contributed by atoms with Crippen molar-refractivity contribution < 1.29 is 4.74 Å². The standard InChI is InChI=1S/C18H23N3O/c1-22-14-16-4-2-3-15(11-16)13-21-10-9-20-12-18(21)17-5-7-19-8-6-17/h2-8,11,18,20H,9-10,12-14H2,1H3. The summed E-state index contributed by atoms with van der Waals surface area (Å²) in [5, 5.41) is 3.50. The predicted molar refractivity (Wildman–Crippen MR) is 87.4 cm³/mol. The Hall–Kier alpha value is -1.75. The van der Waals surface area contributed by atoms with Crippen LogP contribution < -0.4 is 5.32 Å². The van der Waals surface area contributed by atoms with Crippen molar-refractivity contribution >= 4 is 0 Å². The van der Waals surface area contributed by atoms with E-state index in [9.17, 15) is 0 Å². The van der Waals surface area contributed by atoms with Crippen molar-refractivity contribution in [2.45, 2.75) is 19.2 Å². The molecule has 1 N–H and O–H groups in total. The number of methoxy groups -OCH3 is 1. The summed E-state index contributed by atoms with van der Waals surface area (Å²) in [6.07, 6.45) is 3.75. The molecule has 116 valence electrons. The average molecular weight is 297 g/mol. The average Bonchev–Trinajstić information content (AvgIpc) is 2.57. The Bertz CT molecular complexity index is 588. The van der Waals surface area contributed by atoms with E-state index in [1.165, 1.54) is 16.7 Å². The Balaban J connectivity index is 1.75. The fourth-order valence-electron chi connectivity index (χ4n) is 3.07. The van der Waals surface area contributed by atoms with E-state index in [0.717, 1.165) is 26.2 Å². The van der Waals surface area contributed by atoms with E-state index >= 15 is 0 Å². The van der Waals surface area contributed by atoms with Gasteiger partial charge in [0.1, 0.15) is 0 Å². The number of nitrogens with one attached hydrogen (secondary N) is 1. The van der Waals surface area contributed by atoms with Crippen molar-refractivity contribution in [3.8, 4) is 0 Å². The summed E-state index contributed by atoms with van der Waals surface area (Å²) in [5.41, 5.74) is 3.90. The molecule has 1 fully saturated rings. The van der Waals surface area contributed by atoms with Crippen LogP contribution in [0.4, 0.5) is 0 Å². The quantitative estimate of drug-likeness (QED) is 0.919. The Labute approximate surface area is 132 Å². The first-order valence-electron chi connectivity index (χ1n) is 7.78. The van der Waals surface area contributed by atoms with Gasteiger partial charge in [-0.2, -0.15) is 0 Å². The molecule has 1 saturated heterocycles. The highest BCUT2D eigenvalue weighted by molar-refractivity contribution is 5.24. The molecule has 4 heteroatoms.